The summed E-state index contributed by atoms with van der Waals surface area (Å²) in [6, 6.07) is 7.34. The molecule has 0 saturated carbocycles. The van der Waals surface area contributed by atoms with Crippen LogP contribution in [0.3, 0.4) is 0 Å². The standard InChI is InChI=1S/C18H21ClN6OS.HI/c1-12-22-15(11-27-12)10-25(3)18(20-2)21-9-8-16-23-17(24-26-16)13-4-6-14(19)7-5-13;/h4-7,11H,8-10H2,1-3H3,(H,20,21);1H. The van der Waals surface area contributed by atoms with E-state index in [1.807, 2.05) is 31.0 Å². The molecule has 0 radical (unpaired) electrons. The molecule has 0 bridgehead atoms. The Balaban J connectivity index is 0.00000280. The number of aryl methyl sites for hydroxylation is 1. The third-order valence-corrected chi connectivity index (χ3v) is 4.91. The molecule has 28 heavy (non-hydrogen) atoms. The summed E-state index contributed by atoms with van der Waals surface area (Å²) in [6.07, 6.45) is 0.600. The summed E-state index contributed by atoms with van der Waals surface area (Å²) in [6.45, 7) is 3.34. The number of hydrogen-bond acceptors (Lipinski definition) is 6. The van der Waals surface area contributed by atoms with Crippen molar-refractivity contribution >= 4 is 52.9 Å². The first kappa shape index (κ1) is 22.6. The van der Waals surface area contributed by atoms with E-state index in [-0.39, 0.29) is 24.0 Å². The topological polar surface area (TPSA) is 79.4 Å². The van der Waals surface area contributed by atoms with Crippen LogP contribution in [0.2, 0.25) is 5.02 Å². The van der Waals surface area contributed by atoms with E-state index in [9.17, 15) is 0 Å². The molecule has 0 aliphatic carbocycles. The van der Waals surface area contributed by atoms with E-state index >= 15 is 0 Å². The predicted molar refractivity (Wildman–Crippen MR) is 124 cm³/mol. The Kier molecular flexibility index (Phi) is 8.64. The van der Waals surface area contributed by atoms with Crippen molar-refractivity contribution in [1.29, 1.82) is 0 Å². The third-order valence-electron chi connectivity index (χ3n) is 3.83. The summed E-state index contributed by atoms with van der Waals surface area (Å²) >= 11 is 7.55. The van der Waals surface area contributed by atoms with Crippen LogP contribution in [0, 0.1) is 6.92 Å². The van der Waals surface area contributed by atoms with Crippen LogP contribution in [-0.2, 0) is 13.0 Å². The number of aliphatic imine (C=N–C) groups is 1. The number of thiazole rings is 1. The van der Waals surface area contributed by atoms with E-state index in [0.717, 1.165) is 22.2 Å². The van der Waals surface area contributed by atoms with Gasteiger partial charge in [-0.3, -0.25) is 4.99 Å². The lowest BCUT2D eigenvalue weighted by molar-refractivity contribution is 0.377. The smallest absolute Gasteiger partial charge is 0.228 e. The van der Waals surface area contributed by atoms with E-state index in [1.54, 1.807) is 30.5 Å². The first-order valence-electron chi connectivity index (χ1n) is 8.46. The number of aromatic nitrogens is 3. The highest BCUT2D eigenvalue weighted by molar-refractivity contribution is 14.0. The lowest BCUT2D eigenvalue weighted by Gasteiger charge is -2.20. The second-order valence-electron chi connectivity index (χ2n) is 5.96. The van der Waals surface area contributed by atoms with Crippen LogP contribution in [-0.4, -0.2) is 46.6 Å². The van der Waals surface area contributed by atoms with E-state index in [0.29, 0.717) is 36.2 Å². The zero-order valence-electron chi connectivity index (χ0n) is 15.8. The lowest BCUT2D eigenvalue weighted by atomic mass is 10.2. The first-order chi connectivity index (χ1) is 13.0. The van der Waals surface area contributed by atoms with E-state index in [1.165, 1.54) is 0 Å². The first-order valence-corrected chi connectivity index (χ1v) is 9.72. The van der Waals surface area contributed by atoms with Gasteiger partial charge < -0.3 is 14.7 Å². The highest BCUT2D eigenvalue weighted by atomic mass is 127. The van der Waals surface area contributed by atoms with Crippen molar-refractivity contribution in [3.63, 3.8) is 0 Å². The van der Waals surface area contributed by atoms with Crippen LogP contribution in [0.5, 0.6) is 0 Å². The molecule has 7 nitrogen and oxygen atoms in total. The molecule has 0 spiro atoms. The molecule has 0 amide bonds. The van der Waals surface area contributed by atoms with Gasteiger partial charge in [0.15, 0.2) is 5.96 Å². The molecule has 0 atom stereocenters. The van der Waals surface area contributed by atoms with Crippen LogP contribution in [0.1, 0.15) is 16.6 Å². The van der Waals surface area contributed by atoms with Gasteiger partial charge in [-0.15, -0.1) is 35.3 Å². The number of halogens is 2. The maximum atomic E-state index is 5.90. The number of rotatable bonds is 6. The number of benzene rings is 1. The van der Waals surface area contributed by atoms with Gasteiger partial charge in [-0.2, -0.15) is 4.98 Å². The summed E-state index contributed by atoms with van der Waals surface area (Å²) in [5, 5.41) is 11.1. The van der Waals surface area contributed by atoms with Gasteiger partial charge in [0.25, 0.3) is 0 Å². The predicted octanol–water partition coefficient (Wildman–Crippen LogP) is 4.02. The minimum absolute atomic E-state index is 0. The van der Waals surface area contributed by atoms with Gasteiger partial charge in [-0.05, 0) is 31.2 Å². The van der Waals surface area contributed by atoms with Crippen LogP contribution in [0.4, 0.5) is 0 Å². The zero-order valence-corrected chi connectivity index (χ0v) is 19.7. The van der Waals surface area contributed by atoms with Gasteiger partial charge in [0.05, 0.1) is 17.2 Å². The monoisotopic (exact) mass is 532 g/mol. The van der Waals surface area contributed by atoms with Gasteiger partial charge in [-0.1, -0.05) is 16.8 Å². The van der Waals surface area contributed by atoms with Crippen LogP contribution >= 0.6 is 46.9 Å². The Morgan fingerprint density at radius 1 is 1.29 bits per heavy atom. The molecule has 3 rings (SSSR count). The molecule has 0 aliphatic heterocycles. The summed E-state index contributed by atoms with van der Waals surface area (Å²) in [4.78, 5) is 15.3. The lowest BCUT2D eigenvalue weighted by Crippen LogP contribution is -2.39. The molecule has 0 saturated heterocycles. The van der Waals surface area contributed by atoms with E-state index in [2.05, 4.69) is 30.8 Å². The van der Waals surface area contributed by atoms with E-state index in [4.69, 9.17) is 16.1 Å². The average molecular weight is 533 g/mol. The SMILES string of the molecule is CN=C(NCCc1nc(-c2ccc(Cl)cc2)no1)N(C)Cc1csc(C)n1.I. The van der Waals surface area contributed by atoms with Crippen molar-refractivity contribution in [1.82, 2.24) is 25.3 Å². The fourth-order valence-electron chi connectivity index (χ4n) is 2.54. The summed E-state index contributed by atoms with van der Waals surface area (Å²) in [5.74, 6) is 1.92. The Labute approximate surface area is 190 Å². The van der Waals surface area contributed by atoms with Crippen molar-refractivity contribution in [2.24, 2.45) is 4.99 Å². The third kappa shape index (κ3) is 6.14. The number of hydrogen-bond donors (Lipinski definition) is 1. The molecular weight excluding hydrogens is 511 g/mol. The highest BCUT2D eigenvalue weighted by Crippen LogP contribution is 2.18. The van der Waals surface area contributed by atoms with Crippen molar-refractivity contribution in [3.8, 4) is 11.4 Å². The van der Waals surface area contributed by atoms with E-state index < -0.39 is 0 Å². The molecule has 2 aromatic heterocycles. The normalized spacial score (nSPS) is 11.2. The van der Waals surface area contributed by atoms with Crippen molar-refractivity contribution in [2.45, 2.75) is 19.9 Å². The second-order valence-corrected chi connectivity index (χ2v) is 7.46. The van der Waals surface area contributed by atoms with Crippen LogP contribution in [0.25, 0.3) is 11.4 Å². The average Bonchev–Trinajstić information content (AvgIpc) is 3.28. The van der Waals surface area contributed by atoms with Crippen LogP contribution in [0.15, 0.2) is 39.2 Å². The van der Waals surface area contributed by atoms with Gasteiger partial charge in [-0.25, -0.2) is 4.98 Å². The van der Waals surface area contributed by atoms with Gasteiger partial charge in [0.1, 0.15) is 0 Å². The van der Waals surface area contributed by atoms with Gasteiger partial charge in [0.2, 0.25) is 11.7 Å². The summed E-state index contributed by atoms with van der Waals surface area (Å²) < 4.78 is 5.33. The largest absolute Gasteiger partial charge is 0.356 e. The molecule has 0 fully saturated rings. The van der Waals surface area contributed by atoms with Crippen molar-refractivity contribution in [3.05, 3.63) is 51.3 Å². The fourth-order valence-corrected chi connectivity index (χ4v) is 3.27. The fraction of sp³-hybridized carbons (Fsp3) is 0.333. The molecule has 0 aliphatic rings. The number of guanidine groups is 1. The van der Waals surface area contributed by atoms with Gasteiger partial charge >= 0.3 is 0 Å². The highest BCUT2D eigenvalue weighted by Gasteiger charge is 2.11. The minimum Gasteiger partial charge on any atom is -0.356 e. The van der Waals surface area contributed by atoms with Crippen molar-refractivity contribution in [2.75, 3.05) is 20.6 Å². The second kappa shape index (κ2) is 10.7. The number of nitrogens with one attached hydrogen (secondary N) is 1. The number of nitrogens with zero attached hydrogens (tertiary/aromatic N) is 5. The molecule has 3 aromatic rings. The Bertz CT molecular complexity index is 911. The quantitative estimate of drug-likeness (QED) is 0.293. The summed E-state index contributed by atoms with van der Waals surface area (Å²) in [7, 11) is 3.74. The Morgan fingerprint density at radius 2 is 2.04 bits per heavy atom. The summed E-state index contributed by atoms with van der Waals surface area (Å²) in [5.41, 5.74) is 1.91. The molecule has 1 N–H and O–H groups in total. The molecule has 10 heteroatoms. The molecule has 2 heterocycles. The van der Waals surface area contributed by atoms with Crippen LogP contribution < -0.4 is 5.32 Å². The molecule has 0 unspecified atom stereocenters. The molecular formula is C18H22ClIN6OS. The molecule has 150 valence electrons. The van der Waals surface area contributed by atoms with Gasteiger partial charge in [0, 0.05) is 43.0 Å². The zero-order chi connectivity index (χ0) is 19.2. The maximum Gasteiger partial charge on any atom is 0.228 e. The Morgan fingerprint density at radius 3 is 2.68 bits per heavy atom. The Hall–Kier alpha value is -1.72. The molecule has 1 aromatic carbocycles. The maximum absolute atomic E-state index is 5.90. The minimum atomic E-state index is 0. The van der Waals surface area contributed by atoms with Crippen molar-refractivity contribution < 1.29 is 4.52 Å².